The van der Waals surface area contributed by atoms with E-state index in [1.54, 1.807) is 0 Å². The standard InChI is InChI=1S/C20H18N2/c1-2-14-12-13-17(21)19-16-10-6-7-11-18(16)22(20(14)19)15-8-4-3-5-9-15/h3-13H,2,21H2,1H3. The van der Waals surface area contributed by atoms with Crippen LogP contribution in [0.5, 0.6) is 0 Å². The van der Waals surface area contributed by atoms with Gasteiger partial charge in [0.2, 0.25) is 0 Å². The molecule has 22 heavy (non-hydrogen) atoms. The van der Waals surface area contributed by atoms with Crippen molar-refractivity contribution in [1.29, 1.82) is 0 Å². The zero-order valence-electron chi connectivity index (χ0n) is 12.6. The highest BCUT2D eigenvalue weighted by Crippen LogP contribution is 2.37. The van der Waals surface area contributed by atoms with Gasteiger partial charge in [0.1, 0.15) is 0 Å². The number of aryl methyl sites for hydroxylation is 1. The van der Waals surface area contributed by atoms with Crippen LogP contribution in [0.3, 0.4) is 0 Å². The number of aromatic nitrogens is 1. The zero-order chi connectivity index (χ0) is 15.1. The SMILES string of the molecule is CCc1ccc(N)c2c3ccccc3n(-c3ccccc3)c12. The minimum atomic E-state index is 0.845. The quantitative estimate of drug-likeness (QED) is 0.520. The number of nitrogen functional groups attached to an aromatic ring is 1. The van der Waals surface area contributed by atoms with Crippen LogP contribution in [0.2, 0.25) is 0 Å². The van der Waals surface area contributed by atoms with Crippen LogP contribution in [0.1, 0.15) is 12.5 Å². The lowest BCUT2D eigenvalue weighted by Crippen LogP contribution is -1.97. The molecule has 0 radical (unpaired) electrons. The number of fused-ring (bicyclic) bond motifs is 3. The predicted molar refractivity (Wildman–Crippen MR) is 94.6 cm³/mol. The fourth-order valence-electron chi connectivity index (χ4n) is 3.32. The normalized spacial score (nSPS) is 11.3. The summed E-state index contributed by atoms with van der Waals surface area (Å²) in [6.07, 6.45) is 0.986. The van der Waals surface area contributed by atoms with Gasteiger partial charge < -0.3 is 10.3 Å². The Morgan fingerprint density at radius 3 is 2.36 bits per heavy atom. The van der Waals surface area contributed by atoms with Crippen molar-refractivity contribution in [2.24, 2.45) is 0 Å². The van der Waals surface area contributed by atoms with Crippen molar-refractivity contribution in [3.8, 4) is 5.69 Å². The second kappa shape index (κ2) is 4.92. The summed E-state index contributed by atoms with van der Waals surface area (Å²) in [5.74, 6) is 0. The van der Waals surface area contributed by atoms with Crippen molar-refractivity contribution in [2.45, 2.75) is 13.3 Å². The minimum Gasteiger partial charge on any atom is -0.398 e. The molecule has 0 amide bonds. The summed E-state index contributed by atoms with van der Waals surface area (Å²) in [4.78, 5) is 0. The first-order chi connectivity index (χ1) is 10.8. The van der Waals surface area contributed by atoms with E-state index < -0.39 is 0 Å². The average Bonchev–Trinajstić information content (AvgIpc) is 2.92. The molecule has 0 bridgehead atoms. The fraction of sp³-hybridized carbons (Fsp3) is 0.100. The molecule has 4 rings (SSSR count). The van der Waals surface area contributed by atoms with E-state index in [1.807, 2.05) is 12.1 Å². The largest absolute Gasteiger partial charge is 0.398 e. The summed E-state index contributed by atoms with van der Waals surface area (Å²) < 4.78 is 2.33. The number of rotatable bonds is 2. The first kappa shape index (κ1) is 13.0. The molecule has 0 aliphatic heterocycles. The Morgan fingerprint density at radius 2 is 1.59 bits per heavy atom. The molecule has 0 unspecified atom stereocenters. The lowest BCUT2D eigenvalue weighted by Gasteiger charge is -2.11. The smallest absolute Gasteiger partial charge is 0.0593 e. The van der Waals surface area contributed by atoms with E-state index in [2.05, 4.69) is 66.1 Å². The van der Waals surface area contributed by atoms with Crippen LogP contribution < -0.4 is 5.73 Å². The van der Waals surface area contributed by atoms with Gasteiger partial charge >= 0.3 is 0 Å². The predicted octanol–water partition coefficient (Wildman–Crippen LogP) is 4.93. The van der Waals surface area contributed by atoms with E-state index >= 15 is 0 Å². The Morgan fingerprint density at radius 1 is 0.864 bits per heavy atom. The van der Waals surface area contributed by atoms with Gasteiger partial charge in [-0.1, -0.05) is 49.4 Å². The van der Waals surface area contributed by atoms with Crippen LogP contribution in [0.15, 0.2) is 66.7 Å². The highest BCUT2D eigenvalue weighted by molar-refractivity contribution is 6.15. The van der Waals surface area contributed by atoms with Gasteiger partial charge in [-0.15, -0.1) is 0 Å². The minimum absolute atomic E-state index is 0.845. The molecular formula is C20H18N2. The maximum atomic E-state index is 6.32. The third kappa shape index (κ3) is 1.74. The summed E-state index contributed by atoms with van der Waals surface area (Å²) in [6, 6.07) is 23.2. The Hall–Kier alpha value is -2.74. The monoisotopic (exact) mass is 286 g/mol. The van der Waals surface area contributed by atoms with Gasteiger partial charge in [0.25, 0.3) is 0 Å². The van der Waals surface area contributed by atoms with E-state index in [0.717, 1.165) is 12.1 Å². The van der Waals surface area contributed by atoms with Crippen molar-refractivity contribution in [3.63, 3.8) is 0 Å². The molecule has 2 heteroatoms. The van der Waals surface area contributed by atoms with Gasteiger partial charge in [0.05, 0.1) is 11.0 Å². The molecule has 0 spiro atoms. The molecule has 0 saturated carbocycles. The maximum Gasteiger partial charge on any atom is 0.0593 e. The Labute approximate surface area is 129 Å². The van der Waals surface area contributed by atoms with E-state index in [0.29, 0.717) is 0 Å². The number of para-hydroxylation sites is 2. The molecule has 2 nitrogen and oxygen atoms in total. The van der Waals surface area contributed by atoms with Crippen LogP contribution in [0.25, 0.3) is 27.5 Å². The zero-order valence-corrected chi connectivity index (χ0v) is 12.6. The lowest BCUT2D eigenvalue weighted by atomic mass is 10.1. The molecule has 2 N–H and O–H groups in total. The van der Waals surface area contributed by atoms with Crippen molar-refractivity contribution in [2.75, 3.05) is 5.73 Å². The molecule has 4 aromatic rings. The molecular weight excluding hydrogens is 268 g/mol. The molecule has 0 saturated heterocycles. The molecule has 3 aromatic carbocycles. The third-order valence-corrected chi connectivity index (χ3v) is 4.33. The van der Waals surface area contributed by atoms with E-state index in [9.17, 15) is 0 Å². The first-order valence-corrected chi connectivity index (χ1v) is 7.67. The highest BCUT2D eigenvalue weighted by atomic mass is 15.0. The average molecular weight is 286 g/mol. The second-order valence-electron chi connectivity index (χ2n) is 5.58. The summed E-state index contributed by atoms with van der Waals surface area (Å²) >= 11 is 0. The van der Waals surface area contributed by atoms with Crippen LogP contribution >= 0.6 is 0 Å². The molecule has 1 heterocycles. The van der Waals surface area contributed by atoms with E-state index in [-0.39, 0.29) is 0 Å². The first-order valence-electron chi connectivity index (χ1n) is 7.67. The van der Waals surface area contributed by atoms with Gasteiger partial charge in [0, 0.05) is 22.1 Å². The number of hydrogen-bond acceptors (Lipinski definition) is 1. The Balaban J connectivity index is 2.28. The topological polar surface area (TPSA) is 30.9 Å². The molecule has 0 atom stereocenters. The molecule has 0 aliphatic rings. The second-order valence-corrected chi connectivity index (χ2v) is 5.58. The van der Waals surface area contributed by atoms with E-state index in [4.69, 9.17) is 5.73 Å². The van der Waals surface area contributed by atoms with Crippen molar-refractivity contribution in [1.82, 2.24) is 4.57 Å². The number of nitrogens with two attached hydrogens (primary N) is 1. The van der Waals surface area contributed by atoms with Crippen molar-refractivity contribution >= 4 is 27.5 Å². The van der Waals surface area contributed by atoms with Crippen molar-refractivity contribution < 1.29 is 0 Å². The van der Waals surface area contributed by atoms with Gasteiger partial charge in [-0.2, -0.15) is 0 Å². The maximum absolute atomic E-state index is 6.32. The molecule has 0 fully saturated rings. The van der Waals surface area contributed by atoms with Crippen molar-refractivity contribution in [3.05, 3.63) is 72.3 Å². The molecule has 0 aliphatic carbocycles. The van der Waals surface area contributed by atoms with Gasteiger partial charge in [-0.25, -0.2) is 0 Å². The number of nitrogens with zero attached hydrogens (tertiary/aromatic N) is 1. The molecule has 108 valence electrons. The number of anilines is 1. The van der Waals surface area contributed by atoms with Crippen LogP contribution in [0, 0.1) is 0 Å². The number of hydrogen-bond donors (Lipinski definition) is 1. The highest BCUT2D eigenvalue weighted by Gasteiger charge is 2.16. The summed E-state index contributed by atoms with van der Waals surface area (Å²) in [5, 5.41) is 2.38. The fourth-order valence-corrected chi connectivity index (χ4v) is 3.32. The molecule has 1 aromatic heterocycles. The van der Waals surface area contributed by atoms with Gasteiger partial charge in [-0.05, 0) is 36.2 Å². The van der Waals surface area contributed by atoms with E-state index in [1.165, 1.54) is 33.1 Å². The van der Waals surface area contributed by atoms with Crippen LogP contribution in [-0.2, 0) is 6.42 Å². The summed E-state index contributed by atoms with van der Waals surface area (Å²) in [7, 11) is 0. The Kier molecular flexibility index (Phi) is 2.90. The number of benzene rings is 3. The van der Waals surface area contributed by atoms with Gasteiger partial charge in [0.15, 0.2) is 0 Å². The Bertz CT molecular complexity index is 965. The van der Waals surface area contributed by atoms with Gasteiger partial charge in [-0.3, -0.25) is 0 Å². The lowest BCUT2D eigenvalue weighted by molar-refractivity contribution is 1.11. The summed E-state index contributed by atoms with van der Waals surface area (Å²) in [5.41, 5.74) is 12.1. The third-order valence-electron chi connectivity index (χ3n) is 4.33. The van der Waals surface area contributed by atoms with Crippen LogP contribution in [0.4, 0.5) is 5.69 Å². The summed E-state index contributed by atoms with van der Waals surface area (Å²) in [6.45, 7) is 2.19. The van der Waals surface area contributed by atoms with Crippen LogP contribution in [-0.4, -0.2) is 4.57 Å².